The van der Waals surface area contributed by atoms with Crippen molar-refractivity contribution in [2.24, 2.45) is 0 Å². The van der Waals surface area contributed by atoms with Crippen LogP contribution in [0.25, 0.3) is 10.8 Å². The Morgan fingerprint density at radius 1 is 0.900 bits per heavy atom. The quantitative estimate of drug-likeness (QED) is 0.316. The molecule has 3 aromatic rings. The van der Waals surface area contributed by atoms with Gasteiger partial charge in [0.2, 0.25) is 0 Å². The first-order valence-corrected chi connectivity index (χ1v) is 10.2. The van der Waals surface area contributed by atoms with E-state index in [0.717, 1.165) is 20.9 Å². The van der Waals surface area contributed by atoms with Gasteiger partial charge in [-0.25, -0.2) is 0 Å². The van der Waals surface area contributed by atoms with Crippen LogP contribution in [-0.2, 0) is 9.59 Å². The standard InChI is InChI=1S/C21H19BrN4O3S/c22-16-6-8-17(9-7-16)24-21(30)26-25-19(27)12-23-20(28)13-29-18-10-5-14-3-1-2-4-15(14)11-18/h1-11H,12-13H2,(H,23,28)(H,25,27)(H2,24,26,30). The molecule has 0 saturated carbocycles. The molecule has 0 aliphatic heterocycles. The summed E-state index contributed by atoms with van der Waals surface area (Å²) in [6.45, 7) is -0.406. The van der Waals surface area contributed by atoms with E-state index in [-0.39, 0.29) is 18.3 Å². The number of hydrogen-bond donors (Lipinski definition) is 4. The number of amides is 2. The first kappa shape index (κ1) is 21.5. The van der Waals surface area contributed by atoms with Gasteiger partial charge in [0.15, 0.2) is 11.7 Å². The van der Waals surface area contributed by atoms with Crippen molar-refractivity contribution in [2.75, 3.05) is 18.5 Å². The van der Waals surface area contributed by atoms with Gasteiger partial charge < -0.3 is 15.4 Å². The van der Waals surface area contributed by atoms with Gasteiger partial charge in [-0.1, -0.05) is 46.3 Å². The molecular formula is C21H19BrN4O3S. The minimum Gasteiger partial charge on any atom is -0.484 e. The van der Waals surface area contributed by atoms with Crippen molar-refractivity contribution in [3.63, 3.8) is 0 Å². The lowest BCUT2D eigenvalue weighted by Gasteiger charge is -2.12. The van der Waals surface area contributed by atoms with Crippen LogP contribution >= 0.6 is 28.1 Å². The van der Waals surface area contributed by atoms with Gasteiger partial charge in [0.05, 0.1) is 6.54 Å². The van der Waals surface area contributed by atoms with E-state index in [2.05, 4.69) is 37.4 Å². The zero-order valence-corrected chi connectivity index (χ0v) is 18.2. The first-order chi connectivity index (χ1) is 14.5. The van der Waals surface area contributed by atoms with E-state index < -0.39 is 11.8 Å². The Kier molecular flexibility index (Phi) is 7.58. The molecule has 0 bridgehead atoms. The van der Waals surface area contributed by atoms with Crippen LogP contribution in [0, 0.1) is 0 Å². The molecule has 4 N–H and O–H groups in total. The fourth-order valence-corrected chi connectivity index (χ4v) is 2.94. The second-order valence-corrected chi connectivity index (χ2v) is 7.53. The van der Waals surface area contributed by atoms with E-state index in [1.54, 1.807) is 6.07 Å². The van der Waals surface area contributed by atoms with E-state index >= 15 is 0 Å². The number of hydrazine groups is 1. The fourth-order valence-electron chi connectivity index (χ4n) is 2.50. The highest BCUT2D eigenvalue weighted by molar-refractivity contribution is 9.10. The van der Waals surface area contributed by atoms with Crippen molar-refractivity contribution in [2.45, 2.75) is 0 Å². The highest BCUT2D eigenvalue weighted by Crippen LogP contribution is 2.20. The normalized spacial score (nSPS) is 10.2. The van der Waals surface area contributed by atoms with Gasteiger partial charge in [0.25, 0.3) is 11.8 Å². The number of fused-ring (bicyclic) bond motifs is 1. The Labute approximate surface area is 187 Å². The third-order valence-corrected chi connectivity index (χ3v) is 4.69. The summed E-state index contributed by atoms with van der Waals surface area (Å²) < 4.78 is 6.43. The molecule has 3 aromatic carbocycles. The molecule has 0 aliphatic rings. The summed E-state index contributed by atoms with van der Waals surface area (Å²) in [5.41, 5.74) is 5.74. The van der Waals surface area contributed by atoms with E-state index in [1.165, 1.54) is 0 Å². The van der Waals surface area contributed by atoms with Gasteiger partial charge in [-0.05, 0) is 59.4 Å². The molecule has 0 atom stereocenters. The van der Waals surface area contributed by atoms with Gasteiger partial charge in [-0.15, -0.1) is 0 Å². The average Bonchev–Trinajstić information content (AvgIpc) is 2.76. The zero-order chi connectivity index (χ0) is 21.3. The van der Waals surface area contributed by atoms with Crippen molar-refractivity contribution in [1.29, 1.82) is 0 Å². The molecule has 0 spiro atoms. The molecule has 0 heterocycles. The molecule has 154 valence electrons. The number of rotatable bonds is 6. The van der Waals surface area contributed by atoms with E-state index in [4.69, 9.17) is 17.0 Å². The maximum Gasteiger partial charge on any atom is 0.258 e. The highest BCUT2D eigenvalue weighted by Gasteiger charge is 2.07. The number of anilines is 1. The Morgan fingerprint density at radius 2 is 1.63 bits per heavy atom. The Hall–Kier alpha value is -3.17. The molecule has 0 saturated heterocycles. The van der Waals surface area contributed by atoms with Crippen LogP contribution in [-0.4, -0.2) is 30.1 Å². The van der Waals surface area contributed by atoms with Crippen molar-refractivity contribution >= 4 is 61.5 Å². The Balaban J connectivity index is 1.35. The van der Waals surface area contributed by atoms with Crippen molar-refractivity contribution in [1.82, 2.24) is 16.2 Å². The zero-order valence-electron chi connectivity index (χ0n) is 15.8. The number of thiocarbonyl (C=S) groups is 1. The molecule has 9 heteroatoms. The molecule has 30 heavy (non-hydrogen) atoms. The monoisotopic (exact) mass is 486 g/mol. The summed E-state index contributed by atoms with van der Waals surface area (Å²) in [5, 5.41) is 7.73. The molecule has 0 aromatic heterocycles. The van der Waals surface area contributed by atoms with Crippen LogP contribution in [0.5, 0.6) is 5.75 Å². The fraction of sp³-hybridized carbons (Fsp3) is 0.0952. The van der Waals surface area contributed by atoms with Gasteiger partial charge >= 0.3 is 0 Å². The maximum absolute atomic E-state index is 11.9. The lowest BCUT2D eigenvalue weighted by molar-refractivity contribution is -0.127. The van der Waals surface area contributed by atoms with E-state index in [0.29, 0.717) is 5.75 Å². The third kappa shape index (κ3) is 6.71. The topological polar surface area (TPSA) is 91.5 Å². The second kappa shape index (κ2) is 10.6. The number of benzene rings is 3. The summed E-state index contributed by atoms with van der Waals surface area (Å²) in [5.74, 6) is -0.276. The lowest BCUT2D eigenvalue weighted by atomic mass is 10.1. The number of hydrogen-bond acceptors (Lipinski definition) is 4. The Bertz CT molecular complexity index is 1060. The molecule has 3 rings (SSSR count). The van der Waals surface area contributed by atoms with E-state index in [1.807, 2.05) is 60.7 Å². The third-order valence-electron chi connectivity index (χ3n) is 3.95. The van der Waals surface area contributed by atoms with Gasteiger partial charge in [0, 0.05) is 10.2 Å². The largest absolute Gasteiger partial charge is 0.484 e. The molecule has 7 nitrogen and oxygen atoms in total. The van der Waals surface area contributed by atoms with Crippen LogP contribution < -0.4 is 26.2 Å². The first-order valence-electron chi connectivity index (χ1n) is 8.99. The lowest BCUT2D eigenvalue weighted by Crippen LogP contribution is -2.48. The van der Waals surface area contributed by atoms with Crippen LogP contribution in [0.15, 0.2) is 71.2 Å². The summed E-state index contributed by atoms with van der Waals surface area (Å²) >= 11 is 8.44. The predicted molar refractivity (Wildman–Crippen MR) is 124 cm³/mol. The SMILES string of the molecule is O=C(COc1ccc2ccccc2c1)NCC(=O)NNC(=S)Nc1ccc(Br)cc1. The summed E-state index contributed by atoms with van der Waals surface area (Å²) in [7, 11) is 0. The Morgan fingerprint density at radius 3 is 2.40 bits per heavy atom. The molecule has 0 radical (unpaired) electrons. The van der Waals surface area contributed by atoms with Crippen LogP contribution in [0.3, 0.4) is 0 Å². The molecule has 0 aliphatic carbocycles. The predicted octanol–water partition coefficient (Wildman–Crippen LogP) is 3.12. The number of nitrogens with one attached hydrogen (secondary N) is 4. The molecule has 0 fully saturated rings. The highest BCUT2D eigenvalue weighted by atomic mass is 79.9. The van der Waals surface area contributed by atoms with E-state index in [9.17, 15) is 9.59 Å². The van der Waals surface area contributed by atoms with Gasteiger partial charge in [-0.3, -0.25) is 20.4 Å². The van der Waals surface area contributed by atoms with Crippen molar-refractivity contribution in [3.8, 4) is 5.75 Å². The van der Waals surface area contributed by atoms with Crippen molar-refractivity contribution in [3.05, 3.63) is 71.2 Å². The molecule has 2 amide bonds. The number of carbonyl (C=O) groups is 2. The molecule has 0 unspecified atom stereocenters. The number of halogens is 1. The molecular weight excluding hydrogens is 468 g/mol. The average molecular weight is 487 g/mol. The van der Waals surface area contributed by atoms with Gasteiger partial charge in [0.1, 0.15) is 5.75 Å². The summed E-state index contributed by atoms with van der Waals surface area (Å²) in [6.07, 6.45) is 0. The summed E-state index contributed by atoms with van der Waals surface area (Å²) in [6, 6.07) is 20.8. The summed E-state index contributed by atoms with van der Waals surface area (Å²) in [4.78, 5) is 23.8. The van der Waals surface area contributed by atoms with Gasteiger partial charge in [-0.2, -0.15) is 0 Å². The minimum absolute atomic E-state index is 0.192. The maximum atomic E-state index is 11.9. The van der Waals surface area contributed by atoms with Crippen LogP contribution in [0.2, 0.25) is 0 Å². The van der Waals surface area contributed by atoms with Crippen LogP contribution in [0.1, 0.15) is 0 Å². The van der Waals surface area contributed by atoms with Crippen molar-refractivity contribution < 1.29 is 14.3 Å². The second-order valence-electron chi connectivity index (χ2n) is 6.21. The number of ether oxygens (including phenoxy) is 1. The minimum atomic E-state index is -0.450. The smallest absolute Gasteiger partial charge is 0.258 e. The number of carbonyl (C=O) groups excluding carboxylic acids is 2. The van der Waals surface area contributed by atoms with Crippen LogP contribution in [0.4, 0.5) is 5.69 Å².